The van der Waals surface area contributed by atoms with Gasteiger partial charge in [0.05, 0.1) is 4.91 Å². The Morgan fingerprint density at radius 3 is 3.00 bits per heavy atom. The van der Waals surface area contributed by atoms with Gasteiger partial charge in [-0.25, -0.2) is 0 Å². The molecule has 54 valence electrons. The first-order chi connectivity index (χ1) is 4.84. The molecule has 0 unspecified atom stereocenters. The van der Waals surface area contributed by atoms with E-state index in [0.717, 1.165) is 10.7 Å². The highest BCUT2D eigenvalue weighted by Gasteiger charge is 2.11. The number of thioether (sulfide) groups is 1. The number of allylic oxidation sites excluding steroid dienone is 3. The van der Waals surface area contributed by atoms with Crippen LogP contribution in [0.4, 0.5) is 0 Å². The quantitative estimate of drug-likeness (QED) is 0.574. The van der Waals surface area contributed by atoms with E-state index in [9.17, 15) is 0 Å². The predicted molar refractivity (Wildman–Crippen MR) is 45.6 cm³/mol. The van der Waals surface area contributed by atoms with Crippen molar-refractivity contribution in [2.24, 2.45) is 0 Å². The Kier molecular flexibility index (Phi) is 2.63. The van der Waals surface area contributed by atoms with Gasteiger partial charge in [-0.3, -0.25) is 0 Å². The lowest BCUT2D eigenvalue weighted by Gasteiger charge is -1.90. The van der Waals surface area contributed by atoms with Crippen molar-refractivity contribution in [1.29, 1.82) is 0 Å². The summed E-state index contributed by atoms with van der Waals surface area (Å²) in [5, 5.41) is 0. The molecule has 2 heteroatoms. The van der Waals surface area contributed by atoms with Crippen LogP contribution in [0, 0.1) is 0 Å². The molecule has 0 bridgehead atoms. The Bertz CT molecular complexity index is 191. The van der Waals surface area contributed by atoms with Crippen LogP contribution in [-0.4, -0.2) is 5.94 Å². The molecule has 1 aliphatic heterocycles. The van der Waals surface area contributed by atoms with Gasteiger partial charge in [-0.1, -0.05) is 30.5 Å². The van der Waals surface area contributed by atoms with Crippen molar-refractivity contribution in [3.63, 3.8) is 0 Å². The zero-order valence-corrected chi connectivity index (χ0v) is 6.78. The molecule has 1 nitrogen and oxygen atoms in total. The predicted octanol–water partition coefficient (Wildman–Crippen LogP) is 2.68. The molecule has 10 heavy (non-hydrogen) atoms. The highest BCUT2D eigenvalue weighted by Crippen LogP contribution is 2.31. The first kappa shape index (κ1) is 7.48. The minimum absolute atomic E-state index is 0.711. The van der Waals surface area contributed by atoms with Crippen molar-refractivity contribution in [3.8, 4) is 0 Å². The lowest BCUT2D eigenvalue weighted by atomic mass is 10.4. The summed E-state index contributed by atoms with van der Waals surface area (Å²) in [6, 6.07) is 0. The van der Waals surface area contributed by atoms with Crippen LogP contribution < -0.4 is 0 Å². The molecule has 0 amide bonds. The van der Waals surface area contributed by atoms with E-state index in [0.29, 0.717) is 5.94 Å². The van der Waals surface area contributed by atoms with Crippen molar-refractivity contribution in [1.82, 2.24) is 0 Å². The smallest absolute Gasteiger partial charge is 0.138 e. The molecule has 0 radical (unpaired) electrons. The van der Waals surface area contributed by atoms with Crippen molar-refractivity contribution < 1.29 is 4.74 Å². The maximum Gasteiger partial charge on any atom is 0.138 e. The van der Waals surface area contributed by atoms with Gasteiger partial charge in [0.15, 0.2) is 0 Å². The molecule has 0 aromatic rings. The Morgan fingerprint density at radius 1 is 1.70 bits per heavy atom. The van der Waals surface area contributed by atoms with Crippen LogP contribution in [-0.2, 0) is 4.74 Å². The summed E-state index contributed by atoms with van der Waals surface area (Å²) in [6.07, 6.45) is 5.99. The van der Waals surface area contributed by atoms with Crippen molar-refractivity contribution in [2.75, 3.05) is 5.94 Å². The molecule has 1 rings (SSSR count). The van der Waals surface area contributed by atoms with E-state index in [1.165, 1.54) is 0 Å². The molecule has 1 saturated heterocycles. The largest absolute Gasteiger partial charge is 0.482 e. The second kappa shape index (κ2) is 3.52. The maximum atomic E-state index is 5.13. The lowest BCUT2D eigenvalue weighted by Crippen LogP contribution is -1.75. The third-order valence-electron chi connectivity index (χ3n) is 1.16. The monoisotopic (exact) mass is 154 g/mol. The molecule has 0 aliphatic carbocycles. The summed E-state index contributed by atoms with van der Waals surface area (Å²) in [5.74, 6) is 1.51. The van der Waals surface area contributed by atoms with Crippen LogP contribution in [0.2, 0.25) is 0 Å². The van der Waals surface area contributed by atoms with Gasteiger partial charge in [-0.2, -0.15) is 0 Å². The summed E-state index contributed by atoms with van der Waals surface area (Å²) >= 11 is 1.68. The molecule has 1 aliphatic rings. The molecule has 0 spiro atoms. The van der Waals surface area contributed by atoms with Crippen LogP contribution in [0.3, 0.4) is 0 Å². The van der Waals surface area contributed by atoms with Crippen LogP contribution in [0.5, 0.6) is 0 Å². The topological polar surface area (TPSA) is 9.23 Å². The Labute approximate surface area is 65.5 Å². The van der Waals surface area contributed by atoms with Gasteiger partial charge >= 0.3 is 0 Å². The average Bonchev–Trinajstić information content (AvgIpc) is 2.31. The van der Waals surface area contributed by atoms with Crippen molar-refractivity contribution in [2.45, 2.75) is 6.92 Å². The summed E-state index contributed by atoms with van der Waals surface area (Å²) in [4.78, 5) is 1.14. The molecule has 1 fully saturated rings. The van der Waals surface area contributed by atoms with Crippen LogP contribution in [0.25, 0.3) is 0 Å². The Morgan fingerprint density at radius 2 is 2.50 bits per heavy atom. The van der Waals surface area contributed by atoms with Gasteiger partial charge < -0.3 is 4.74 Å². The number of rotatable bonds is 1. The Balaban J connectivity index is 2.62. The van der Waals surface area contributed by atoms with Gasteiger partial charge in [0.2, 0.25) is 0 Å². The second-order valence-electron chi connectivity index (χ2n) is 1.89. The molecule has 1 heterocycles. The molecule has 0 saturated carbocycles. The standard InChI is InChI=1S/C8H10OS/c1-3-4-5-8-7(2)9-6-10-8/h3-5H,2,6H2,1H3/b4-3-,8-5+. The zero-order valence-electron chi connectivity index (χ0n) is 5.96. The normalized spacial score (nSPS) is 22.5. The minimum Gasteiger partial charge on any atom is -0.482 e. The molecule has 0 N–H and O–H groups in total. The molecule has 0 aromatic carbocycles. The maximum absolute atomic E-state index is 5.13. The van der Waals surface area contributed by atoms with Gasteiger partial charge in [0.1, 0.15) is 11.7 Å². The summed E-state index contributed by atoms with van der Waals surface area (Å²) in [7, 11) is 0. The van der Waals surface area contributed by atoms with Gasteiger partial charge in [-0.05, 0) is 13.0 Å². The summed E-state index contributed by atoms with van der Waals surface area (Å²) in [5.41, 5.74) is 0. The Hall–Kier alpha value is -0.630. The SMILES string of the molecule is C=C1OCS/C1=C/C=C\C. The highest BCUT2D eigenvalue weighted by atomic mass is 32.2. The van der Waals surface area contributed by atoms with Gasteiger partial charge in [0.25, 0.3) is 0 Å². The van der Waals surface area contributed by atoms with E-state index in [1.807, 2.05) is 25.2 Å². The fraction of sp³-hybridized carbons (Fsp3) is 0.250. The number of ether oxygens (including phenoxy) is 1. The molecule has 0 atom stereocenters. The lowest BCUT2D eigenvalue weighted by molar-refractivity contribution is 0.299. The first-order valence-corrected chi connectivity index (χ1v) is 4.11. The van der Waals surface area contributed by atoms with Crippen LogP contribution >= 0.6 is 11.8 Å². The van der Waals surface area contributed by atoms with Crippen LogP contribution in [0.15, 0.2) is 35.5 Å². The summed E-state index contributed by atoms with van der Waals surface area (Å²) in [6.45, 7) is 5.73. The summed E-state index contributed by atoms with van der Waals surface area (Å²) < 4.78 is 5.13. The van der Waals surface area contributed by atoms with E-state index < -0.39 is 0 Å². The number of hydrogen-bond donors (Lipinski definition) is 0. The number of hydrogen-bond acceptors (Lipinski definition) is 2. The third-order valence-corrected chi connectivity index (χ3v) is 2.07. The second-order valence-corrected chi connectivity index (χ2v) is 2.85. The van der Waals surface area contributed by atoms with Crippen LogP contribution in [0.1, 0.15) is 6.92 Å². The van der Waals surface area contributed by atoms with E-state index in [1.54, 1.807) is 11.8 Å². The van der Waals surface area contributed by atoms with Crippen molar-refractivity contribution >= 4 is 11.8 Å². The molecular formula is C8H10OS. The van der Waals surface area contributed by atoms with Crippen molar-refractivity contribution in [3.05, 3.63) is 35.5 Å². The highest BCUT2D eigenvalue weighted by molar-refractivity contribution is 8.03. The van der Waals surface area contributed by atoms with Gasteiger partial charge in [-0.15, -0.1) is 0 Å². The fourth-order valence-electron chi connectivity index (χ4n) is 0.640. The van der Waals surface area contributed by atoms with E-state index in [4.69, 9.17) is 4.74 Å². The van der Waals surface area contributed by atoms with E-state index in [2.05, 4.69) is 6.58 Å². The van der Waals surface area contributed by atoms with Gasteiger partial charge in [0, 0.05) is 0 Å². The van der Waals surface area contributed by atoms with E-state index >= 15 is 0 Å². The molecule has 0 aromatic heterocycles. The van der Waals surface area contributed by atoms with E-state index in [-0.39, 0.29) is 0 Å². The third kappa shape index (κ3) is 1.67. The molecular weight excluding hydrogens is 144 g/mol. The minimum atomic E-state index is 0.711. The zero-order chi connectivity index (χ0) is 7.40. The average molecular weight is 154 g/mol. The fourth-order valence-corrected chi connectivity index (χ4v) is 1.36. The first-order valence-electron chi connectivity index (χ1n) is 3.12.